The lowest BCUT2D eigenvalue weighted by Gasteiger charge is -2.22. The molecule has 3 rings (SSSR count). The van der Waals surface area contributed by atoms with Crippen molar-refractivity contribution in [2.75, 3.05) is 6.61 Å². The number of alkyl carbamates (subject to hydrolysis) is 1. The third-order valence-corrected chi connectivity index (χ3v) is 5.48. The van der Waals surface area contributed by atoms with Crippen LogP contribution in [0.1, 0.15) is 51.2 Å². The number of hydrogen-bond acceptors (Lipinski definition) is 6. The average Bonchev–Trinajstić information content (AvgIpc) is 3.09. The van der Waals surface area contributed by atoms with Gasteiger partial charge in [-0.15, -0.1) is 0 Å². The molecule has 0 heterocycles. The van der Waals surface area contributed by atoms with Gasteiger partial charge in [-0.05, 0) is 49.9 Å². The zero-order valence-corrected chi connectivity index (χ0v) is 20.2. The molecule has 2 amide bonds. The van der Waals surface area contributed by atoms with Gasteiger partial charge in [0.25, 0.3) is 0 Å². The van der Waals surface area contributed by atoms with Gasteiger partial charge in [0.1, 0.15) is 24.3 Å². The normalized spacial score (nSPS) is 14.2. The molecule has 0 aliphatic heterocycles. The van der Waals surface area contributed by atoms with Gasteiger partial charge in [-0.25, -0.2) is 9.59 Å². The zero-order chi connectivity index (χ0) is 25.8. The molecule has 2 aromatic rings. The number of carboxylic acids is 1. The zero-order valence-electron chi connectivity index (χ0n) is 20.2. The van der Waals surface area contributed by atoms with Gasteiger partial charge in [-0.3, -0.25) is 9.59 Å². The topological polar surface area (TPSA) is 131 Å². The molecule has 1 aliphatic rings. The van der Waals surface area contributed by atoms with Crippen LogP contribution in [0, 0.1) is 0 Å². The molecule has 0 saturated carbocycles. The Balaban J connectivity index is 1.55. The number of carboxylic acid groups (broad SMARTS) is 1. The van der Waals surface area contributed by atoms with E-state index in [-0.39, 0.29) is 12.5 Å². The van der Waals surface area contributed by atoms with E-state index in [1.54, 1.807) is 20.8 Å². The van der Waals surface area contributed by atoms with Crippen molar-refractivity contribution >= 4 is 23.9 Å². The van der Waals surface area contributed by atoms with E-state index >= 15 is 0 Å². The molecule has 9 heteroatoms. The lowest BCUT2D eigenvalue weighted by Crippen LogP contribution is -2.51. The van der Waals surface area contributed by atoms with E-state index in [0.29, 0.717) is 0 Å². The number of hydrogen-bond donors (Lipinski definition) is 3. The summed E-state index contributed by atoms with van der Waals surface area (Å²) < 4.78 is 10.5. The Bertz CT molecular complexity index is 1080. The van der Waals surface area contributed by atoms with Gasteiger partial charge in [0, 0.05) is 5.92 Å². The fourth-order valence-corrected chi connectivity index (χ4v) is 3.93. The summed E-state index contributed by atoms with van der Waals surface area (Å²) in [6, 6.07) is 13.2. The number of carbonyl (C=O) groups is 4. The van der Waals surface area contributed by atoms with Gasteiger partial charge in [-0.2, -0.15) is 0 Å². The van der Waals surface area contributed by atoms with E-state index in [0.717, 1.165) is 22.3 Å². The summed E-state index contributed by atoms with van der Waals surface area (Å²) >= 11 is 0. The van der Waals surface area contributed by atoms with E-state index in [1.165, 1.54) is 6.92 Å². The van der Waals surface area contributed by atoms with E-state index in [4.69, 9.17) is 9.47 Å². The number of aliphatic carboxylic acids is 1. The van der Waals surface area contributed by atoms with Crippen LogP contribution in [0.15, 0.2) is 48.5 Å². The lowest BCUT2D eigenvalue weighted by molar-refractivity contribution is -0.158. The Morgan fingerprint density at radius 2 is 1.49 bits per heavy atom. The molecule has 35 heavy (non-hydrogen) atoms. The van der Waals surface area contributed by atoms with Crippen molar-refractivity contribution in [2.24, 2.45) is 0 Å². The second kappa shape index (κ2) is 10.6. The Hall–Kier alpha value is -3.88. The molecule has 186 valence electrons. The maximum absolute atomic E-state index is 12.5. The number of benzene rings is 2. The highest BCUT2D eigenvalue weighted by Gasteiger charge is 2.31. The number of carbonyl (C=O) groups excluding carboxylic acids is 3. The second-order valence-corrected chi connectivity index (χ2v) is 9.38. The Morgan fingerprint density at radius 1 is 0.943 bits per heavy atom. The average molecular weight is 483 g/mol. The molecule has 3 N–H and O–H groups in total. The highest BCUT2D eigenvalue weighted by atomic mass is 16.6. The molecular formula is C26H30N2O7. The largest absolute Gasteiger partial charge is 0.480 e. The van der Waals surface area contributed by atoms with Crippen LogP contribution in [0.5, 0.6) is 0 Å². The molecule has 0 bridgehead atoms. The maximum atomic E-state index is 12.5. The Labute approximate surface area is 203 Å². The van der Waals surface area contributed by atoms with Crippen LogP contribution in [0.4, 0.5) is 4.79 Å². The minimum Gasteiger partial charge on any atom is -0.480 e. The SMILES string of the molecule is C[C@H](NC(=O)OCC1c2ccccc2-c2ccccc21)C(=O)N[C@@H](CC(=O)OC(C)(C)C)C(=O)O. The molecule has 2 atom stereocenters. The molecule has 0 saturated heterocycles. The highest BCUT2D eigenvalue weighted by molar-refractivity contribution is 5.90. The van der Waals surface area contributed by atoms with Crippen LogP contribution < -0.4 is 10.6 Å². The van der Waals surface area contributed by atoms with Crippen LogP contribution in [0.3, 0.4) is 0 Å². The van der Waals surface area contributed by atoms with Crippen molar-refractivity contribution < 1.29 is 33.8 Å². The number of fused-ring (bicyclic) bond motifs is 3. The first-order valence-corrected chi connectivity index (χ1v) is 11.3. The fraction of sp³-hybridized carbons (Fsp3) is 0.385. The van der Waals surface area contributed by atoms with Gasteiger partial charge in [-0.1, -0.05) is 48.5 Å². The molecule has 0 unspecified atom stereocenters. The number of ether oxygens (including phenoxy) is 2. The van der Waals surface area contributed by atoms with Crippen molar-refractivity contribution in [3.8, 4) is 11.1 Å². The van der Waals surface area contributed by atoms with Crippen LogP contribution in [-0.2, 0) is 23.9 Å². The maximum Gasteiger partial charge on any atom is 0.407 e. The summed E-state index contributed by atoms with van der Waals surface area (Å²) in [7, 11) is 0. The molecule has 9 nitrogen and oxygen atoms in total. The standard InChI is InChI=1S/C26H30N2O7/c1-15(23(30)28-21(24(31)32)13-22(29)35-26(2,3)4)27-25(33)34-14-20-18-11-7-5-9-16(18)17-10-6-8-12-19(17)20/h5-12,15,20-21H,13-14H2,1-4H3,(H,27,33)(H,28,30)(H,31,32)/t15-,21-/m0/s1. The van der Waals surface area contributed by atoms with E-state index in [1.807, 2.05) is 48.5 Å². The molecule has 2 aromatic carbocycles. The van der Waals surface area contributed by atoms with Gasteiger partial charge in [0.05, 0.1) is 6.42 Å². The van der Waals surface area contributed by atoms with Crippen molar-refractivity contribution in [1.29, 1.82) is 0 Å². The molecule has 0 aromatic heterocycles. The van der Waals surface area contributed by atoms with E-state index in [9.17, 15) is 24.3 Å². The van der Waals surface area contributed by atoms with Crippen molar-refractivity contribution in [3.05, 3.63) is 59.7 Å². The first-order chi connectivity index (χ1) is 16.5. The summed E-state index contributed by atoms with van der Waals surface area (Å²) in [4.78, 5) is 48.3. The third kappa shape index (κ3) is 6.59. The van der Waals surface area contributed by atoms with Gasteiger partial charge in [0.15, 0.2) is 0 Å². The first-order valence-electron chi connectivity index (χ1n) is 11.3. The minimum absolute atomic E-state index is 0.0740. The number of nitrogens with one attached hydrogen (secondary N) is 2. The summed E-state index contributed by atoms with van der Waals surface area (Å²) in [5, 5.41) is 14.0. The number of amides is 2. The van der Waals surface area contributed by atoms with Crippen molar-refractivity contribution in [3.63, 3.8) is 0 Å². The Morgan fingerprint density at radius 3 is 2.00 bits per heavy atom. The van der Waals surface area contributed by atoms with Crippen LogP contribution >= 0.6 is 0 Å². The molecule has 0 fully saturated rings. The van der Waals surface area contributed by atoms with Crippen molar-refractivity contribution in [1.82, 2.24) is 10.6 Å². The van der Waals surface area contributed by atoms with E-state index in [2.05, 4.69) is 10.6 Å². The predicted molar refractivity (Wildman–Crippen MR) is 128 cm³/mol. The molecule has 1 aliphatic carbocycles. The van der Waals surface area contributed by atoms with Gasteiger partial charge in [0.2, 0.25) is 5.91 Å². The first kappa shape index (κ1) is 25.7. The van der Waals surface area contributed by atoms with Gasteiger partial charge < -0.3 is 25.2 Å². The molecule has 0 spiro atoms. The lowest BCUT2D eigenvalue weighted by atomic mass is 9.98. The third-order valence-electron chi connectivity index (χ3n) is 5.48. The molecular weight excluding hydrogens is 452 g/mol. The van der Waals surface area contributed by atoms with Crippen molar-refractivity contribution in [2.45, 2.75) is 57.7 Å². The second-order valence-electron chi connectivity index (χ2n) is 9.38. The van der Waals surface area contributed by atoms with Crippen LogP contribution in [0.2, 0.25) is 0 Å². The van der Waals surface area contributed by atoms with Crippen LogP contribution in [0.25, 0.3) is 11.1 Å². The molecule has 0 radical (unpaired) electrons. The number of rotatable bonds is 8. The predicted octanol–water partition coefficient (Wildman–Crippen LogP) is 3.21. The monoisotopic (exact) mass is 482 g/mol. The van der Waals surface area contributed by atoms with Gasteiger partial charge >= 0.3 is 18.0 Å². The quantitative estimate of drug-likeness (QED) is 0.492. The summed E-state index contributed by atoms with van der Waals surface area (Å²) in [6.45, 7) is 6.42. The summed E-state index contributed by atoms with van der Waals surface area (Å²) in [6.07, 6.45) is -1.36. The highest BCUT2D eigenvalue weighted by Crippen LogP contribution is 2.44. The fourth-order valence-electron chi connectivity index (χ4n) is 3.93. The summed E-state index contributed by atoms with van der Waals surface area (Å²) in [5.41, 5.74) is 3.50. The smallest absolute Gasteiger partial charge is 0.407 e. The summed E-state index contributed by atoms with van der Waals surface area (Å²) in [5.74, 6) is -3.06. The number of esters is 1. The Kier molecular flexibility index (Phi) is 7.78. The minimum atomic E-state index is -1.50. The van der Waals surface area contributed by atoms with E-state index < -0.39 is 48.0 Å². The van der Waals surface area contributed by atoms with Crippen LogP contribution in [-0.4, -0.2) is 53.3 Å².